The van der Waals surface area contributed by atoms with Crippen LogP contribution in [0, 0.1) is 5.92 Å². The van der Waals surface area contributed by atoms with Gasteiger partial charge in [0.15, 0.2) is 0 Å². The Bertz CT molecular complexity index is 1100. The number of benzene rings is 2. The summed E-state index contributed by atoms with van der Waals surface area (Å²) >= 11 is 0. The summed E-state index contributed by atoms with van der Waals surface area (Å²) in [6.45, 7) is 0.555. The molecule has 0 aliphatic heterocycles. The van der Waals surface area contributed by atoms with E-state index < -0.39 is 10.0 Å². The van der Waals surface area contributed by atoms with E-state index in [1.807, 2.05) is 12.1 Å². The molecule has 170 valence electrons. The van der Waals surface area contributed by atoms with Crippen LogP contribution in [-0.2, 0) is 22.9 Å². The lowest BCUT2D eigenvalue weighted by Crippen LogP contribution is -2.13. The topological polar surface area (TPSA) is 111 Å². The highest BCUT2D eigenvalue weighted by Crippen LogP contribution is 2.29. The maximum atomic E-state index is 12.7. The van der Waals surface area contributed by atoms with E-state index in [0.29, 0.717) is 23.9 Å². The second-order valence-corrected chi connectivity index (χ2v) is 10.1. The van der Waals surface area contributed by atoms with Gasteiger partial charge in [-0.1, -0.05) is 43.0 Å². The van der Waals surface area contributed by atoms with Crippen LogP contribution in [-0.4, -0.2) is 25.1 Å². The highest BCUT2D eigenvalue weighted by Gasteiger charge is 2.17. The highest BCUT2D eigenvalue weighted by atomic mass is 32.2. The van der Waals surface area contributed by atoms with Crippen molar-refractivity contribution in [1.82, 2.24) is 10.1 Å². The van der Waals surface area contributed by atoms with Crippen LogP contribution in [0.15, 0.2) is 57.9 Å². The van der Waals surface area contributed by atoms with Crippen molar-refractivity contribution in [3.05, 3.63) is 60.0 Å². The fourth-order valence-corrected chi connectivity index (χ4v) is 5.28. The van der Waals surface area contributed by atoms with Gasteiger partial charge in [0, 0.05) is 17.7 Å². The van der Waals surface area contributed by atoms with Crippen molar-refractivity contribution in [3.63, 3.8) is 0 Å². The number of anilines is 1. The number of nitrogens with zero attached hydrogens (tertiary/aromatic N) is 2. The molecule has 0 bridgehead atoms. The van der Waals surface area contributed by atoms with Crippen LogP contribution in [0.1, 0.15) is 50.0 Å². The van der Waals surface area contributed by atoms with Gasteiger partial charge in [0.1, 0.15) is 0 Å². The van der Waals surface area contributed by atoms with Crippen molar-refractivity contribution in [2.24, 2.45) is 11.7 Å². The number of aromatic nitrogens is 2. The smallest absolute Gasteiger partial charge is 0.261 e. The minimum absolute atomic E-state index is 0.174. The average Bonchev–Trinajstić information content (AvgIpc) is 3.48. The molecule has 0 saturated heterocycles. The monoisotopic (exact) mass is 454 g/mol. The van der Waals surface area contributed by atoms with Gasteiger partial charge in [-0.3, -0.25) is 4.72 Å². The number of nitrogens with two attached hydrogens (primary N) is 1. The normalized spacial score (nSPS) is 14.7. The average molecular weight is 455 g/mol. The fraction of sp³-hybridized carbons (Fsp3) is 0.417. The molecular weight excluding hydrogens is 424 g/mol. The van der Waals surface area contributed by atoms with Crippen LogP contribution in [0.5, 0.6) is 0 Å². The van der Waals surface area contributed by atoms with Crippen LogP contribution in [0.4, 0.5) is 5.69 Å². The summed E-state index contributed by atoms with van der Waals surface area (Å²) in [6, 6.07) is 13.7. The standard InChI is InChI=1S/C24H30N4O3S/c25-17-16-19-8-12-21(13-9-19)28-32(29,30)22-14-10-20(11-15-22)24-26-23(31-27-24)7-3-6-18-4-1-2-5-18/h8-15,18,28H,1-7,16-17,25H2. The molecule has 1 fully saturated rings. The Hall–Kier alpha value is -2.71. The predicted octanol–water partition coefficient (Wildman–Crippen LogP) is 4.55. The van der Waals surface area contributed by atoms with Gasteiger partial charge in [0.25, 0.3) is 10.0 Å². The quantitative estimate of drug-likeness (QED) is 0.465. The van der Waals surface area contributed by atoms with Gasteiger partial charge >= 0.3 is 0 Å². The summed E-state index contributed by atoms with van der Waals surface area (Å²) in [4.78, 5) is 4.65. The molecule has 2 aromatic carbocycles. The van der Waals surface area contributed by atoms with Crippen LogP contribution in [0.25, 0.3) is 11.4 Å². The molecule has 3 aromatic rings. The molecule has 1 aliphatic rings. The number of sulfonamides is 1. The second-order valence-electron chi connectivity index (χ2n) is 8.42. The SMILES string of the molecule is NCCc1ccc(NS(=O)(=O)c2ccc(-c3noc(CCCC4CCCC4)n3)cc2)cc1. The highest BCUT2D eigenvalue weighted by molar-refractivity contribution is 7.92. The summed E-state index contributed by atoms with van der Waals surface area (Å²) in [5.74, 6) is 1.96. The van der Waals surface area contributed by atoms with Crippen LogP contribution >= 0.6 is 0 Å². The molecule has 8 heteroatoms. The lowest BCUT2D eigenvalue weighted by atomic mass is 10.0. The molecule has 1 saturated carbocycles. The van der Waals surface area contributed by atoms with E-state index in [9.17, 15) is 8.42 Å². The van der Waals surface area contributed by atoms with E-state index in [1.54, 1.807) is 36.4 Å². The first-order chi connectivity index (χ1) is 15.5. The lowest BCUT2D eigenvalue weighted by molar-refractivity contribution is 0.367. The molecule has 0 unspecified atom stereocenters. The van der Waals surface area contributed by atoms with E-state index in [0.717, 1.165) is 36.3 Å². The number of hydrogen-bond donors (Lipinski definition) is 2. The zero-order valence-corrected chi connectivity index (χ0v) is 19.0. The Morgan fingerprint density at radius 3 is 2.41 bits per heavy atom. The van der Waals surface area contributed by atoms with Gasteiger partial charge in [-0.15, -0.1) is 0 Å². The largest absolute Gasteiger partial charge is 0.339 e. The van der Waals surface area contributed by atoms with Crippen molar-refractivity contribution < 1.29 is 12.9 Å². The molecule has 0 spiro atoms. The van der Waals surface area contributed by atoms with Crippen molar-refractivity contribution in [2.75, 3.05) is 11.3 Å². The van der Waals surface area contributed by atoms with Gasteiger partial charge < -0.3 is 10.3 Å². The summed E-state index contributed by atoms with van der Waals surface area (Å²) in [5, 5.41) is 4.06. The van der Waals surface area contributed by atoms with Crippen molar-refractivity contribution in [3.8, 4) is 11.4 Å². The van der Waals surface area contributed by atoms with Gasteiger partial charge in [0.05, 0.1) is 4.90 Å². The van der Waals surface area contributed by atoms with E-state index in [4.69, 9.17) is 10.3 Å². The zero-order chi connectivity index (χ0) is 22.4. The third-order valence-corrected chi connectivity index (χ3v) is 7.41. The van der Waals surface area contributed by atoms with E-state index >= 15 is 0 Å². The van der Waals surface area contributed by atoms with Crippen molar-refractivity contribution >= 4 is 15.7 Å². The first kappa shape index (κ1) is 22.5. The zero-order valence-electron chi connectivity index (χ0n) is 18.2. The molecule has 7 nitrogen and oxygen atoms in total. The third kappa shape index (κ3) is 5.75. The molecule has 0 radical (unpaired) electrons. The number of rotatable bonds is 10. The Kier molecular flexibility index (Phi) is 7.22. The Morgan fingerprint density at radius 2 is 1.72 bits per heavy atom. The maximum absolute atomic E-state index is 12.7. The van der Waals surface area contributed by atoms with Crippen LogP contribution in [0.2, 0.25) is 0 Å². The minimum Gasteiger partial charge on any atom is -0.339 e. The molecule has 32 heavy (non-hydrogen) atoms. The Labute approximate surface area is 189 Å². The third-order valence-electron chi connectivity index (χ3n) is 6.01. The van der Waals surface area contributed by atoms with E-state index in [1.165, 1.54) is 32.1 Å². The maximum Gasteiger partial charge on any atom is 0.261 e. The molecule has 0 atom stereocenters. The molecular formula is C24H30N4O3S. The van der Waals surface area contributed by atoms with Crippen molar-refractivity contribution in [2.45, 2.75) is 56.3 Å². The molecule has 1 aliphatic carbocycles. The predicted molar refractivity (Wildman–Crippen MR) is 125 cm³/mol. The summed E-state index contributed by atoms with van der Waals surface area (Å²) < 4.78 is 33.4. The van der Waals surface area contributed by atoms with E-state index in [-0.39, 0.29) is 4.90 Å². The van der Waals surface area contributed by atoms with Gasteiger partial charge in [0.2, 0.25) is 11.7 Å². The first-order valence-corrected chi connectivity index (χ1v) is 12.8. The summed E-state index contributed by atoms with van der Waals surface area (Å²) in [5.41, 5.74) is 7.85. The Morgan fingerprint density at radius 1 is 1.00 bits per heavy atom. The molecule has 0 amide bonds. The fourth-order valence-electron chi connectivity index (χ4n) is 4.22. The molecule has 4 rings (SSSR count). The molecule has 3 N–H and O–H groups in total. The Balaban J connectivity index is 1.36. The minimum atomic E-state index is -3.69. The first-order valence-electron chi connectivity index (χ1n) is 11.3. The second kappa shape index (κ2) is 10.3. The number of aryl methyl sites for hydroxylation is 1. The van der Waals surface area contributed by atoms with Gasteiger partial charge in [-0.25, -0.2) is 8.42 Å². The van der Waals surface area contributed by atoms with Crippen LogP contribution in [0.3, 0.4) is 0 Å². The van der Waals surface area contributed by atoms with Crippen LogP contribution < -0.4 is 10.5 Å². The van der Waals surface area contributed by atoms with Crippen molar-refractivity contribution in [1.29, 1.82) is 0 Å². The summed E-state index contributed by atoms with van der Waals surface area (Å²) in [7, 11) is -3.69. The lowest BCUT2D eigenvalue weighted by Gasteiger charge is -2.09. The van der Waals surface area contributed by atoms with E-state index in [2.05, 4.69) is 14.9 Å². The van der Waals surface area contributed by atoms with Gasteiger partial charge in [-0.05, 0) is 73.7 Å². The number of hydrogen-bond acceptors (Lipinski definition) is 6. The number of nitrogens with one attached hydrogen (secondary N) is 1. The molecule has 1 heterocycles. The summed E-state index contributed by atoms with van der Waals surface area (Å²) in [6.07, 6.45) is 9.22. The molecule has 1 aromatic heterocycles. The van der Waals surface area contributed by atoms with Gasteiger partial charge in [-0.2, -0.15) is 4.98 Å².